The van der Waals surface area contributed by atoms with Gasteiger partial charge in [-0.05, 0) is 44.4 Å². The monoisotopic (exact) mass is 418 g/mol. The number of ketones is 1. The van der Waals surface area contributed by atoms with Crippen LogP contribution in [0.3, 0.4) is 0 Å². The first-order chi connectivity index (χ1) is 14.8. The third kappa shape index (κ3) is 4.01. The predicted octanol–water partition coefficient (Wildman–Crippen LogP) is 4.12. The van der Waals surface area contributed by atoms with E-state index in [9.17, 15) is 19.7 Å². The third-order valence-corrected chi connectivity index (χ3v) is 5.70. The van der Waals surface area contributed by atoms with Crippen LogP contribution in [0, 0.1) is 23.0 Å². The summed E-state index contributed by atoms with van der Waals surface area (Å²) in [5.41, 5.74) is 2.99. The van der Waals surface area contributed by atoms with Gasteiger partial charge < -0.3 is 5.32 Å². The fraction of sp³-hybridized carbons (Fsp3) is 0.304. The molecule has 1 aromatic heterocycles. The zero-order chi connectivity index (χ0) is 22.1. The van der Waals surface area contributed by atoms with Gasteiger partial charge in [-0.3, -0.25) is 24.7 Å². The van der Waals surface area contributed by atoms with Gasteiger partial charge in [-0.2, -0.15) is 0 Å². The minimum absolute atomic E-state index is 0.0551. The van der Waals surface area contributed by atoms with Gasteiger partial charge in [0.1, 0.15) is 5.82 Å². The van der Waals surface area contributed by atoms with Crippen LogP contribution in [-0.2, 0) is 9.59 Å². The molecule has 31 heavy (non-hydrogen) atoms. The van der Waals surface area contributed by atoms with Crippen LogP contribution in [0.4, 0.5) is 11.5 Å². The van der Waals surface area contributed by atoms with Gasteiger partial charge >= 0.3 is 0 Å². The van der Waals surface area contributed by atoms with E-state index in [4.69, 9.17) is 0 Å². The van der Waals surface area contributed by atoms with Crippen LogP contribution in [0.2, 0.25) is 0 Å². The van der Waals surface area contributed by atoms with Gasteiger partial charge in [0.2, 0.25) is 5.91 Å². The van der Waals surface area contributed by atoms with Crippen LogP contribution in [-0.4, -0.2) is 27.3 Å². The van der Waals surface area contributed by atoms with Gasteiger partial charge in [0.15, 0.2) is 5.78 Å². The molecule has 8 heteroatoms. The number of hydrogen-bond donors (Lipinski definition) is 1. The summed E-state index contributed by atoms with van der Waals surface area (Å²) in [7, 11) is 0. The molecule has 1 N–H and O–H groups in total. The number of aryl methyl sites for hydroxylation is 1. The molecular weight excluding hydrogens is 396 g/mol. The molecule has 1 aliphatic carbocycles. The first-order valence-electron chi connectivity index (χ1n) is 10.2. The number of benzene rings is 1. The zero-order valence-corrected chi connectivity index (χ0v) is 17.3. The number of aromatic nitrogens is 1. The maximum Gasteiger partial charge on any atom is 0.269 e. The molecule has 1 aromatic carbocycles. The molecule has 0 saturated carbocycles. The van der Waals surface area contributed by atoms with Gasteiger partial charge in [0.25, 0.3) is 5.69 Å². The van der Waals surface area contributed by atoms with Crippen molar-refractivity contribution in [3.8, 4) is 0 Å². The maximum atomic E-state index is 13.4. The first-order valence-corrected chi connectivity index (χ1v) is 10.2. The van der Waals surface area contributed by atoms with Crippen molar-refractivity contribution in [3.05, 3.63) is 75.1 Å². The lowest BCUT2D eigenvalue weighted by molar-refractivity contribution is -0.384. The number of aliphatic imine (C=N–C) groups is 1. The number of carbonyl (C=O) groups is 2. The number of anilines is 1. The van der Waals surface area contributed by atoms with E-state index in [1.54, 1.807) is 31.2 Å². The van der Waals surface area contributed by atoms with Gasteiger partial charge in [0, 0.05) is 47.1 Å². The summed E-state index contributed by atoms with van der Waals surface area (Å²) in [4.78, 5) is 46.1. The normalized spacial score (nSPS) is 20.7. The maximum absolute atomic E-state index is 13.4. The quantitative estimate of drug-likeness (QED) is 0.592. The fourth-order valence-corrected chi connectivity index (χ4v) is 4.35. The molecule has 8 nitrogen and oxygen atoms in total. The number of pyridine rings is 1. The number of amides is 1. The van der Waals surface area contributed by atoms with E-state index in [1.807, 2.05) is 13.0 Å². The Kier molecular flexibility index (Phi) is 5.46. The number of allylic oxidation sites excluding steroid dienone is 2. The highest BCUT2D eigenvalue weighted by molar-refractivity contribution is 6.13. The fourth-order valence-electron chi connectivity index (χ4n) is 4.35. The number of non-ortho nitro benzene ring substituents is 1. The molecule has 0 bridgehead atoms. The number of hydrogen-bond acceptors (Lipinski definition) is 6. The minimum atomic E-state index is -0.773. The molecule has 1 aliphatic heterocycles. The molecule has 158 valence electrons. The lowest BCUT2D eigenvalue weighted by atomic mass is 9.71. The highest BCUT2D eigenvalue weighted by Crippen LogP contribution is 2.44. The molecule has 1 amide bonds. The summed E-state index contributed by atoms with van der Waals surface area (Å²) >= 11 is 0. The Morgan fingerprint density at radius 2 is 1.94 bits per heavy atom. The molecular formula is C23H22N4O4. The lowest BCUT2D eigenvalue weighted by Crippen LogP contribution is -2.39. The summed E-state index contributed by atoms with van der Waals surface area (Å²) in [5.74, 6) is -1.40. The Bertz CT molecular complexity index is 1150. The summed E-state index contributed by atoms with van der Waals surface area (Å²) in [6, 6.07) is 11.5. The van der Waals surface area contributed by atoms with Gasteiger partial charge in [-0.15, -0.1) is 0 Å². The lowest BCUT2D eigenvalue weighted by Gasteiger charge is -2.34. The van der Waals surface area contributed by atoms with Crippen LogP contribution in [0.25, 0.3) is 0 Å². The molecule has 4 rings (SSSR count). The SMILES string of the molecule is CC1=NC2=C(C(=O)CCC2)[C@@H](c2cccc([N+](=O)[O-])c2)C1C(=O)Nc1cccc(C)n1. The molecule has 0 saturated heterocycles. The third-order valence-electron chi connectivity index (χ3n) is 5.70. The Morgan fingerprint density at radius 1 is 1.16 bits per heavy atom. The summed E-state index contributed by atoms with van der Waals surface area (Å²) < 4.78 is 0. The van der Waals surface area contributed by atoms with Gasteiger partial charge in [-0.25, -0.2) is 4.98 Å². The second-order valence-corrected chi connectivity index (χ2v) is 7.85. The number of Topliss-reactive ketones (excluding diaryl/α,β-unsaturated/α-hetero) is 1. The first kappa shape index (κ1) is 20.6. The topological polar surface area (TPSA) is 115 Å². The van der Waals surface area contributed by atoms with E-state index in [0.29, 0.717) is 47.6 Å². The molecule has 0 fully saturated rings. The molecule has 0 spiro atoms. The average molecular weight is 418 g/mol. The van der Waals surface area contributed by atoms with Crippen molar-refractivity contribution in [3.63, 3.8) is 0 Å². The predicted molar refractivity (Wildman–Crippen MR) is 116 cm³/mol. The molecule has 2 heterocycles. The van der Waals surface area contributed by atoms with Crippen LogP contribution >= 0.6 is 0 Å². The molecule has 0 radical (unpaired) electrons. The van der Waals surface area contributed by atoms with Crippen LogP contribution in [0.5, 0.6) is 0 Å². The summed E-state index contributed by atoms with van der Waals surface area (Å²) in [6.07, 6.45) is 1.74. The van der Waals surface area contributed by atoms with Crippen molar-refractivity contribution in [1.82, 2.24) is 4.98 Å². The van der Waals surface area contributed by atoms with Crippen LogP contribution < -0.4 is 5.32 Å². The van der Waals surface area contributed by atoms with Crippen LogP contribution in [0.1, 0.15) is 43.4 Å². The van der Waals surface area contributed by atoms with Crippen molar-refractivity contribution in [1.29, 1.82) is 0 Å². The zero-order valence-electron chi connectivity index (χ0n) is 17.3. The van der Waals surface area contributed by atoms with Crippen molar-refractivity contribution in [2.45, 2.75) is 39.0 Å². The van der Waals surface area contributed by atoms with Crippen molar-refractivity contribution >= 4 is 28.9 Å². The second-order valence-electron chi connectivity index (χ2n) is 7.85. The number of nitrogens with zero attached hydrogens (tertiary/aromatic N) is 3. The summed E-state index contributed by atoms with van der Waals surface area (Å²) in [6.45, 7) is 3.59. The van der Waals surface area contributed by atoms with E-state index in [1.165, 1.54) is 12.1 Å². The van der Waals surface area contributed by atoms with Crippen molar-refractivity contribution in [2.75, 3.05) is 5.32 Å². The Hall–Kier alpha value is -3.68. The van der Waals surface area contributed by atoms with E-state index >= 15 is 0 Å². The second kappa shape index (κ2) is 8.22. The molecule has 1 unspecified atom stereocenters. The molecule has 2 aromatic rings. The minimum Gasteiger partial charge on any atom is -0.310 e. The van der Waals surface area contributed by atoms with E-state index in [-0.39, 0.29) is 17.4 Å². The largest absolute Gasteiger partial charge is 0.310 e. The van der Waals surface area contributed by atoms with E-state index < -0.39 is 16.8 Å². The molecule has 2 atom stereocenters. The number of nitro groups is 1. The highest BCUT2D eigenvalue weighted by Gasteiger charge is 2.42. The van der Waals surface area contributed by atoms with Crippen LogP contribution in [0.15, 0.2) is 58.7 Å². The number of nitro benzene ring substituents is 1. The highest BCUT2D eigenvalue weighted by atomic mass is 16.6. The standard InChI is InChI=1S/C23H22N4O4/c1-13-6-3-11-19(24-13)26-23(29)20-14(2)25-17-9-5-10-18(28)22(17)21(20)15-7-4-8-16(12-15)27(30)31/h3-4,6-8,11-12,20-21H,5,9-10H2,1-2H3,(H,24,26,29)/t20?,21-/m0/s1. The van der Waals surface area contributed by atoms with E-state index in [0.717, 1.165) is 5.69 Å². The average Bonchev–Trinajstić information content (AvgIpc) is 2.73. The Balaban J connectivity index is 1.80. The van der Waals surface area contributed by atoms with Crippen molar-refractivity contribution in [2.24, 2.45) is 10.9 Å². The Labute approximate surface area is 179 Å². The smallest absolute Gasteiger partial charge is 0.269 e. The number of nitrogens with one attached hydrogen (secondary N) is 1. The van der Waals surface area contributed by atoms with E-state index in [2.05, 4.69) is 15.3 Å². The van der Waals surface area contributed by atoms with Gasteiger partial charge in [-0.1, -0.05) is 18.2 Å². The number of rotatable bonds is 4. The molecule has 2 aliphatic rings. The Morgan fingerprint density at radius 3 is 2.68 bits per heavy atom. The summed E-state index contributed by atoms with van der Waals surface area (Å²) in [5, 5.41) is 14.2. The van der Waals surface area contributed by atoms with Crippen molar-refractivity contribution < 1.29 is 14.5 Å². The number of carbonyl (C=O) groups excluding carboxylic acids is 2. The van der Waals surface area contributed by atoms with Gasteiger partial charge in [0.05, 0.1) is 10.8 Å².